The van der Waals surface area contributed by atoms with Gasteiger partial charge in [-0.05, 0) is 31.6 Å². The number of aromatic nitrogens is 2. The van der Waals surface area contributed by atoms with Crippen LogP contribution in [0.4, 0.5) is 0 Å². The average molecular weight is 233 g/mol. The van der Waals surface area contributed by atoms with E-state index in [1.807, 2.05) is 17.8 Å². The summed E-state index contributed by atoms with van der Waals surface area (Å²) in [5, 5.41) is 3.61. The Balaban J connectivity index is 1.64. The van der Waals surface area contributed by atoms with Gasteiger partial charge < -0.3 is 9.88 Å². The fourth-order valence-electron chi connectivity index (χ4n) is 3.33. The molecule has 1 aromatic heterocycles. The van der Waals surface area contributed by atoms with Crippen LogP contribution in [0.1, 0.15) is 42.7 Å². The summed E-state index contributed by atoms with van der Waals surface area (Å²) in [6, 6.07) is 1.32. The molecule has 0 radical (unpaired) electrons. The molecule has 2 aliphatic heterocycles. The zero-order valence-corrected chi connectivity index (χ0v) is 10.2. The molecule has 4 nitrogen and oxygen atoms in total. The molecule has 3 heterocycles. The first-order chi connectivity index (χ1) is 8.22. The summed E-state index contributed by atoms with van der Waals surface area (Å²) in [5.74, 6) is 1.36. The van der Waals surface area contributed by atoms with Gasteiger partial charge in [-0.3, -0.25) is 4.79 Å². The van der Waals surface area contributed by atoms with Crippen molar-refractivity contribution in [1.82, 2.24) is 14.9 Å². The molecule has 0 aliphatic carbocycles. The molecule has 2 unspecified atom stereocenters. The standard InChI is InChI=1S/C13H19N3O/c1-16-5-4-14-13(16)12(17)8-9-6-10-2-3-11(7-9)15-10/h4-5,9-11,15H,2-3,6-8H2,1H3. The van der Waals surface area contributed by atoms with Crippen molar-refractivity contribution in [3.8, 4) is 0 Å². The predicted molar refractivity (Wildman–Crippen MR) is 64.8 cm³/mol. The van der Waals surface area contributed by atoms with E-state index in [9.17, 15) is 4.79 Å². The van der Waals surface area contributed by atoms with Crippen molar-refractivity contribution in [2.45, 2.75) is 44.2 Å². The largest absolute Gasteiger partial charge is 0.332 e. The van der Waals surface area contributed by atoms with Crippen LogP contribution in [0.5, 0.6) is 0 Å². The van der Waals surface area contributed by atoms with Gasteiger partial charge >= 0.3 is 0 Å². The zero-order valence-electron chi connectivity index (χ0n) is 10.2. The third kappa shape index (κ3) is 2.14. The summed E-state index contributed by atoms with van der Waals surface area (Å²) >= 11 is 0. The second-order valence-electron chi connectivity index (χ2n) is 5.46. The molecule has 0 amide bonds. The molecule has 2 atom stereocenters. The van der Waals surface area contributed by atoms with E-state index in [1.54, 1.807) is 6.20 Å². The number of carbonyl (C=O) groups excluding carboxylic acids is 1. The lowest BCUT2D eigenvalue weighted by Crippen LogP contribution is -2.38. The van der Waals surface area contributed by atoms with E-state index < -0.39 is 0 Å². The average Bonchev–Trinajstić information content (AvgIpc) is 2.85. The van der Waals surface area contributed by atoms with Gasteiger partial charge in [0.2, 0.25) is 0 Å². The van der Waals surface area contributed by atoms with Crippen LogP contribution < -0.4 is 5.32 Å². The monoisotopic (exact) mass is 233 g/mol. The van der Waals surface area contributed by atoms with Crippen molar-refractivity contribution in [2.24, 2.45) is 13.0 Å². The SMILES string of the molecule is Cn1ccnc1C(=O)CC1CC2CCC(C1)N2. The topological polar surface area (TPSA) is 46.9 Å². The minimum atomic E-state index is 0.198. The van der Waals surface area contributed by atoms with E-state index in [0.717, 1.165) is 12.8 Å². The first-order valence-electron chi connectivity index (χ1n) is 6.49. The van der Waals surface area contributed by atoms with Crippen LogP contribution >= 0.6 is 0 Å². The molecule has 2 bridgehead atoms. The number of fused-ring (bicyclic) bond motifs is 2. The lowest BCUT2D eigenvalue weighted by atomic mass is 9.88. The van der Waals surface area contributed by atoms with E-state index in [-0.39, 0.29) is 5.78 Å². The van der Waals surface area contributed by atoms with Crippen LogP contribution in [0, 0.1) is 5.92 Å². The summed E-state index contributed by atoms with van der Waals surface area (Å²) in [6.45, 7) is 0. The zero-order chi connectivity index (χ0) is 11.8. The molecular weight excluding hydrogens is 214 g/mol. The number of hydrogen-bond acceptors (Lipinski definition) is 3. The highest BCUT2D eigenvalue weighted by Gasteiger charge is 2.34. The Kier molecular flexibility index (Phi) is 2.74. The molecule has 4 heteroatoms. The Bertz CT molecular complexity index is 414. The third-order valence-electron chi connectivity index (χ3n) is 4.12. The molecular formula is C13H19N3O. The molecule has 0 spiro atoms. The van der Waals surface area contributed by atoms with Crippen LogP contribution in [-0.4, -0.2) is 27.4 Å². The first kappa shape index (κ1) is 11.0. The van der Waals surface area contributed by atoms with E-state index in [4.69, 9.17) is 0 Å². The summed E-state index contributed by atoms with van der Waals surface area (Å²) in [7, 11) is 1.88. The van der Waals surface area contributed by atoms with Gasteiger partial charge in [0.1, 0.15) is 0 Å². The van der Waals surface area contributed by atoms with E-state index in [1.165, 1.54) is 12.8 Å². The summed E-state index contributed by atoms with van der Waals surface area (Å²) in [5.41, 5.74) is 0. The maximum Gasteiger partial charge on any atom is 0.198 e. The number of nitrogens with one attached hydrogen (secondary N) is 1. The highest BCUT2D eigenvalue weighted by atomic mass is 16.1. The third-order valence-corrected chi connectivity index (χ3v) is 4.12. The minimum absolute atomic E-state index is 0.198. The molecule has 1 N–H and O–H groups in total. The molecule has 17 heavy (non-hydrogen) atoms. The van der Waals surface area contributed by atoms with Crippen LogP contribution in [-0.2, 0) is 7.05 Å². The van der Waals surface area contributed by atoms with Gasteiger partial charge in [-0.15, -0.1) is 0 Å². The van der Waals surface area contributed by atoms with Gasteiger partial charge in [-0.2, -0.15) is 0 Å². The second kappa shape index (κ2) is 4.26. The number of imidazole rings is 1. The van der Waals surface area contributed by atoms with Crippen LogP contribution in [0.3, 0.4) is 0 Å². The van der Waals surface area contributed by atoms with Gasteiger partial charge in [-0.25, -0.2) is 4.98 Å². The Morgan fingerprint density at radius 3 is 2.76 bits per heavy atom. The molecule has 2 aliphatic rings. The number of hydrogen-bond donors (Lipinski definition) is 1. The summed E-state index contributed by atoms with van der Waals surface area (Å²) in [6.07, 6.45) is 9.09. The van der Waals surface area contributed by atoms with Gasteiger partial charge in [0, 0.05) is 37.9 Å². The Hall–Kier alpha value is -1.16. The van der Waals surface area contributed by atoms with Crippen molar-refractivity contribution >= 4 is 5.78 Å². The summed E-state index contributed by atoms with van der Waals surface area (Å²) < 4.78 is 1.82. The van der Waals surface area contributed by atoms with Gasteiger partial charge in [0.25, 0.3) is 0 Å². The number of ketones is 1. The smallest absolute Gasteiger partial charge is 0.198 e. The summed E-state index contributed by atoms with van der Waals surface area (Å²) in [4.78, 5) is 16.3. The lowest BCUT2D eigenvalue weighted by molar-refractivity contribution is 0.0932. The van der Waals surface area contributed by atoms with E-state index in [2.05, 4.69) is 10.3 Å². The lowest BCUT2D eigenvalue weighted by Gasteiger charge is -2.28. The minimum Gasteiger partial charge on any atom is -0.332 e. The second-order valence-corrected chi connectivity index (χ2v) is 5.46. The van der Waals surface area contributed by atoms with Crippen LogP contribution in [0.15, 0.2) is 12.4 Å². The van der Waals surface area contributed by atoms with E-state index in [0.29, 0.717) is 30.2 Å². The van der Waals surface area contributed by atoms with Gasteiger partial charge in [0.05, 0.1) is 0 Å². The maximum absolute atomic E-state index is 12.1. The normalized spacial score (nSPS) is 31.7. The molecule has 0 saturated carbocycles. The Morgan fingerprint density at radius 1 is 1.47 bits per heavy atom. The molecule has 3 rings (SSSR count). The Labute approximate surface area is 101 Å². The molecule has 92 valence electrons. The number of piperidine rings is 1. The Morgan fingerprint density at radius 2 is 2.18 bits per heavy atom. The number of Topliss-reactive ketones (excluding diaryl/α,β-unsaturated/α-hetero) is 1. The molecule has 2 saturated heterocycles. The predicted octanol–water partition coefficient (Wildman–Crippen LogP) is 1.52. The van der Waals surface area contributed by atoms with Crippen molar-refractivity contribution < 1.29 is 4.79 Å². The number of rotatable bonds is 3. The number of aryl methyl sites for hydroxylation is 1. The fourth-order valence-corrected chi connectivity index (χ4v) is 3.33. The van der Waals surface area contributed by atoms with Crippen molar-refractivity contribution in [1.29, 1.82) is 0 Å². The van der Waals surface area contributed by atoms with Crippen molar-refractivity contribution in [3.05, 3.63) is 18.2 Å². The quantitative estimate of drug-likeness (QED) is 0.805. The van der Waals surface area contributed by atoms with Crippen LogP contribution in [0.2, 0.25) is 0 Å². The number of nitrogens with zero attached hydrogens (tertiary/aromatic N) is 2. The first-order valence-corrected chi connectivity index (χ1v) is 6.49. The van der Waals surface area contributed by atoms with Crippen molar-refractivity contribution in [3.63, 3.8) is 0 Å². The highest BCUT2D eigenvalue weighted by Crippen LogP contribution is 2.33. The fraction of sp³-hybridized carbons (Fsp3) is 0.692. The number of carbonyl (C=O) groups is 1. The van der Waals surface area contributed by atoms with E-state index >= 15 is 0 Å². The van der Waals surface area contributed by atoms with Crippen LogP contribution in [0.25, 0.3) is 0 Å². The molecule has 0 aromatic carbocycles. The van der Waals surface area contributed by atoms with Crippen molar-refractivity contribution in [2.75, 3.05) is 0 Å². The maximum atomic E-state index is 12.1. The van der Waals surface area contributed by atoms with Gasteiger partial charge in [-0.1, -0.05) is 0 Å². The molecule has 1 aromatic rings. The highest BCUT2D eigenvalue weighted by molar-refractivity contribution is 5.92. The molecule has 2 fully saturated rings. The van der Waals surface area contributed by atoms with Gasteiger partial charge in [0.15, 0.2) is 11.6 Å².